The molecule has 0 aromatic heterocycles. The van der Waals surface area contributed by atoms with Gasteiger partial charge in [0.1, 0.15) is 16.4 Å². The van der Waals surface area contributed by atoms with Crippen molar-refractivity contribution in [2.75, 3.05) is 0 Å². The molecule has 1 rings (SSSR count). The lowest BCUT2D eigenvalue weighted by Crippen LogP contribution is -2.07. The van der Waals surface area contributed by atoms with Crippen molar-refractivity contribution in [1.29, 1.82) is 5.26 Å². The van der Waals surface area contributed by atoms with Crippen molar-refractivity contribution in [3.63, 3.8) is 0 Å². The minimum atomic E-state index is -0.679. The number of nitriles is 1. The van der Waals surface area contributed by atoms with Crippen LogP contribution in [0.3, 0.4) is 0 Å². The third kappa shape index (κ3) is 2.63. The number of ketones is 1. The van der Waals surface area contributed by atoms with E-state index in [0.29, 0.717) is 5.56 Å². The molecule has 1 unspecified atom stereocenters. The van der Waals surface area contributed by atoms with Crippen LogP contribution in [0.4, 0.5) is 4.39 Å². The van der Waals surface area contributed by atoms with Crippen LogP contribution < -0.4 is 0 Å². The maximum absolute atomic E-state index is 13.5. The van der Waals surface area contributed by atoms with Gasteiger partial charge in [0, 0.05) is 5.56 Å². The minimum absolute atomic E-state index is 0.0997. The van der Waals surface area contributed by atoms with Crippen LogP contribution in [0, 0.1) is 17.1 Å². The zero-order chi connectivity index (χ0) is 11.4. The first-order valence-corrected chi connectivity index (χ1v) is 5.28. The van der Waals surface area contributed by atoms with E-state index < -0.39 is 10.6 Å². The summed E-state index contributed by atoms with van der Waals surface area (Å²) in [6.45, 7) is 1.38. The number of rotatable bonds is 3. The summed E-state index contributed by atoms with van der Waals surface area (Å²) in [5, 5.41) is 8.58. The van der Waals surface area contributed by atoms with Gasteiger partial charge in [0.15, 0.2) is 0 Å². The third-order valence-corrected chi connectivity index (χ3v) is 3.13. The van der Waals surface area contributed by atoms with E-state index in [0.717, 1.165) is 0 Å². The first-order valence-electron chi connectivity index (χ1n) is 4.36. The van der Waals surface area contributed by atoms with Crippen LogP contribution >= 0.6 is 15.9 Å². The van der Waals surface area contributed by atoms with E-state index in [-0.39, 0.29) is 17.8 Å². The molecule has 0 aliphatic heterocycles. The van der Waals surface area contributed by atoms with Gasteiger partial charge in [-0.15, -0.1) is 0 Å². The summed E-state index contributed by atoms with van der Waals surface area (Å²) in [5.74, 6) is -0.640. The van der Waals surface area contributed by atoms with Gasteiger partial charge in [0.2, 0.25) is 0 Å². The summed E-state index contributed by atoms with van der Waals surface area (Å²) in [6, 6.07) is 6.42. The first kappa shape index (κ1) is 11.9. The molecule has 1 aromatic carbocycles. The highest BCUT2D eigenvalue weighted by Crippen LogP contribution is 2.29. The lowest BCUT2D eigenvalue weighted by molar-refractivity contribution is -0.116. The van der Waals surface area contributed by atoms with E-state index in [4.69, 9.17) is 5.26 Å². The number of Topliss-reactive ketones (excluding diaryl/α,β-unsaturated/α-hetero) is 1. The first-order chi connectivity index (χ1) is 7.07. The lowest BCUT2D eigenvalue weighted by atomic mass is 10.00. The van der Waals surface area contributed by atoms with Crippen LogP contribution in [-0.2, 0) is 11.2 Å². The van der Waals surface area contributed by atoms with E-state index in [1.165, 1.54) is 19.1 Å². The molecule has 0 aliphatic rings. The molecule has 78 valence electrons. The van der Waals surface area contributed by atoms with E-state index in [2.05, 4.69) is 15.9 Å². The summed E-state index contributed by atoms with van der Waals surface area (Å²) in [5.41, 5.74) is 0.820. The molecule has 4 heteroatoms. The predicted octanol–water partition coefficient (Wildman–Crippen LogP) is 2.92. The quantitative estimate of drug-likeness (QED) is 0.792. The Bertz CT molecular complexity index is 425. The highest BCUT2D eigenvalue weighted by Gasteiger charge is 2.20. The number of halogens is 2. The monoisotopic (exact) mass is 269 g/mol. The van der Waals surface area contributed by atoms with Crippen LogP contribution in [0.25, 0.3) is 0 Å². The molecule has 0 heterocycles. The Kier molecular flexibility index (Phi) is 3.98. The maximum Gasteiger partial charge on any atom is 0.147 e. The molecule has 2 nitrogen and oxygen atoms in total. The second-order valence-corrected chi connectivity index (χ2v) is 4.04. The van der Waals surface area contributed by atoms with Crippen molar-refractivity contribution in [1.82, 2.24) is 0 Å². The van der Waals surface area contributed by atoms with Gasteiger partial charge in [-0.3, -0.25) is 4.79 Å². The van der Waals surface area contributed by atoms with Gasteiger partial charge >= 0.3 is 0 Å². The highest BCUT2D eigenvalue weighted by molar-refractivity contribution is 9.09. The molecule has 0 aliphatic carbocycles. The number of alkyl halides is 1. The molecule has 0 N–H and O–H groups in total. The molecule has 0 amide bonds. The lowest BCUT2D eigenvalue weighted by Gasteiger charge is -2.11. The van der Waals surface area contributed by atoms with E-state index in [1.807, 2.05) is 6.07 Å². The Morgan fingerprint density at radius 3 is 2.87 bits per heavy atom. The fourth-order valence-electron chi connectivity index (χ4n) is 1.31. The van der Waals surface area contributed by atoms with Crippen molar-refractivity contribution in [3.05, 3.63) is 35.1 Å². The second kappa shape index (κ2) is 5.04. The highest BCUT2D eigenvalue weighted by atomic mass is 79.9. The summed E-state index contributed by atoms with van der Waals surface area (Å²) in [6.07, 6.45) is 0.0997. The Balaban J connectivity index is 3.25. The minimum Gasteiger partial charge on any atom is -0.298 e. The van der Waals surface area contributed by atoms with Crippen LogP contribution in [0.2, 0.25) is 0 Å². The average molecular weight is 270 g/mol. The summed E-state index contributed by atoms with van der Waals surface area (Å²) in [7, 11) is 0. The fraction of sp³-hybridized carbons (Fsp3) is 0.273. The van der Waals surface area contributed by atoms with Crippen LogP contribution in [0.5, 0.6) is 0 Å². The number of hydrogen-bond acceptors (Lipinski definition) is 2. The SMILES string of the molecule is CC(=O)C(Br)c1c(F)cccc1CC#N. The van der Waals surface area contributed by atoms with Gasteiger partial charge in [-0.1, -0.05) is 28.1 Å². The largest absolute Gasteiger partial charge is 0.298 e. The Labute approximate surface area is 95.8 Å². The van der Waals surface area contributed by atoms with Crippen molar-refractivity contribution in [2.45, 2.75) is 18.2 Å². The molecule has 1 atom stereocenters. The molecule has 0 fully saturated rings. The number of carbonyl (C=O) groups excluding carboxylic acids is 1. The van der Waals surface area contributed by atoms with Crippen molar-refractivity contribution >= 4 is 21.7 Å². The van der Waals surface area contributed by atoms with Crippen LogP contribution in [0.15, 0.2) is 18.2 Å². The number of nitrogens with zero attached hydrogens (tertiary/aromatic N) is 1. The molecular formula is C11H9BrFNO. The van der Waals surface area contributed by atoms with Crippen molar-refractivity contribution in [3.8, 4) is 6.07 Å². The van der Waals surface area contributed by atoms with Gasteiger partial charge in [0.25, 0.3) is 0 Å². The zero-order valence-electron chi connectivity index (χ0n) is 8.13. The van der Waals surface area contributed by atoms with E-state index in [9.17, 15) is 9.18 Å². The Hall–Kier alpha value is -1.21. The van der Waals surface area contributed by atoms with Gasteiger partial charge < -0.3 is 0 Å². The Morgan fingerprint density at radius 2 is 2.33 bits per heavy atom. The number of benzene rings is 1. The predicted molar refractivity (Wildman–Crippen MR) is 58.1 cm³/mol. The van der Waals surface area contributed by atoms with E-state index in [1.54, 1.807) is 6.07 Å². The van der Waals surface area contributed by atoms with Crippen LogP contribution in [-0.4, -0.2) is 5.78 Å². The fourth-order valence-corrected chi connectivity index (χ4v) is 1.82. The van der Waals surface area contributed by atoms with Crippen molar-refractivity contribution < 1.29 is 9.18 Å². The van der Waals surface area contributed by atoms with Gasteiger partial charge in [-0.2, -0.15) is 5.26 Å². The molecular weight excluding hydrogens is 261 g/mol. The van der Waals surface area contributed by atoms with Gasteiger partial charge in [0.05, 0.1) is 12.5 Å². The van der Waals surface area contributed by atoms with Gasteiger partial charge in [-0.05, 0) is 18.6 Å². The molecule has 15 heavy (non-hydrogen) atoms. The summed E-state index contributed by atoms with van der Waals surface area (Å²) < 4.78 is 13.5. The molecule has 0 spiro atoms. The molecule has 0 bridgehead atoms. The third-order valence-electron chi connectivity index (χ3n) is 2.02. The second-order valence-electron chi connectivity index (χ2n) is 3.12. The molecule has 0 saturated carbocycles. The molecule has 0 radical (unpaired) electrons. The van der Waals surface area contributed by atoms with Crippen molar-refractivity contribution in [2.24, 2.45) is 0 Å². The number of carbonyl (C=O) groups is 1. The summed E-state index contributed by atoms with van der Waals surface area (Å²) >= 11 is 3.12. The van der Waals surface area contributed by atoms with Crippen LogP contribution in [0.1, 0.15) is 22.9 Å². The molecule has 0 saturated heterocycles. The smallest absolute Gasteiger partial charge is 0.147 e. The Morgan fingerprint density at radius 1 is 1.67 bits per heavy atom. The average Bonchev–Trinajstić information content (AvgIpc) is 2.17. The normalized spacial score (nSPS) is 11.9. The molecule has 1 aromatic rings. The van der Waals surface area contributed by atoms with E-state index >= 15 is 0 Å². The van der Waals surface area contributed by atoms with Gasteiger partial charge in [-0.25, -0.2) is 4.39 Å². The maximum atomic E-state index is 13.5. The number of hydrogen-bond donors (Lipinski definition) is 0. The summed E-state index contributed by atoms with van der Waals surface area (Å²) in [4.78, 5) is 10.5. The topological polar surface area (TPSA) is 40.9 Å². The standard InChI is InChI=1S/C11H9BrFNO/c1-7(15)11(12)10-8(5-6-14)3-2-4-9(10)13/h2-4,11H,5H2,1H3. The zero-order valence-corrected chi connectivity index (χ0v) is 9.71.